The molecule has 4 unspecified atom stereocenters. The highest BCUT2D eigenvalue weighted by atomic mass is 16.2. The standard InChI is InChI=1S/C14H21N3O3/c1-8-13(19)16-12(18)7-17(8)14(20)11-6-9-4-2-3-5-10(9)15-11/h8-11,15H,2-7H2,1H3,(H,16,18,19). The lowest BCUT2D eigenvalue weighted by Crippen LogP contribution is -2.61. The summed E-state index contributed by atoms with van der Waals surface area (Å²) in [7, 11) is 0. The molecule has 0 spiro atoms. The second-order valence-electron chi connectivity index (χ2n) is 6.16. The lowest BCUT2D eigenvalue weighted by molar-refractivity contribution is -0.150. The van der Waals surface area contributed by atoms with Gasteiger partial charge in [0.05, 0.1) is 6.04 Å². The van der Waals surface area contributed by atoms with Gasteiger partial charge in [0.1, 0.15) is 12.6 Å². The van der Waals surface area contributed by atoms with Gasteiger partial charge in [0.15, 0.2) is 0 Å². The van der Waals surface area contributed by atoms with Crippen molar-refractivity contribution in [1.82, 2.24) is 15.5 Å². The van der Waals surface area contributed by atoms with Crippen LogP contribution < -0.4 is 10.6 Å². The van der Waals surface area contributed by atoms with Crippen LogP contribution in [0.4, 0.5) is 0 Å². The molecule has 3 fully saturated rings. The second-order valence-corrected chi connectivity index (χ2v) is 6.16. The molecule has 0 aromatic carbocycles. The average Bonchev–Trinajstić information content (AvgIpc) is 2.86. The van der Waals surface area contributed by atoms with E-state index in [4.69, 9.17) is 0 Å². The third kappa shape index (κ3) is 2.32. The number of nitrogens with one attached hydrogen (secondary N) is 2. The summed E-state index contributed by atoms with van der Waals surface area (Å²) in [5.41, 5.74) is 0. The van der Waals surface area contributed by atoms with Gasteiger partial charge in [-0.3, -0.25) is 19.7 Å². The quantitative estimate of drug-likeness (QED) is 0.651. The largest absolute Gasteiger partial charge is 0.320 e. The number of nitrogens with zero attached hydrogens (tertiary/aromatic N) is 1. The van der Waals surface area contributed by atoms with Crippen molar-refractivity contribution in [2.24, 2.45) is 5.92 Å². The summed E-state index contributed by atoms with van der Waals surface area (Å²) >= 11 is 0. The molecule has 110 valence electrons. The predicted octanol–water partition coefficient (Wildman–Crippen LogP) is -0.219. The van der Waals surface area contributed by atoms with Crippen LogP contribution in [0.3, 0.4) is 0 Å². The summed E-state index contributed by atoms with van der Waals surface area (Å²) in [5.74, 6) is -0.306. The maximum atomic E-state index is 12.6. The molecule has 3 amide bonds. The van der Waals surface area contributed by atoms with Crippen molar-refractivity contribution in [1.29, 1.82) is 0 Å². The highest BCUT2D eigenvalue weighted by Gasteiger charge is 2.42. The SMILES string of the molecule is CC1C(=O)NC(=O)CN1C(=O)C1CC2CCCCC2N1. The predicted molar refractivity (Wildman–Crippen MR) is 71.6 cm³/mol. The van der Waals surface area contributed by atoms with Crippen LogP contribution in [0, 0.1) is 5.92 Å². The first-order valence-electron chi connectivity index (χ1n) is 7.46. The Morgan fingerprint density at radius 3 is 2.75 bits per heavy atom. The Morgan fingerprint density at radius 2 is 2.00 bits per heavy atom. The number of rotatable bonds is 1. The average molecular weight is 279 g/mol. The van der Waals surface area contributed by atoms with Crippen molar-refractivity contribution in [3.8, 4) is 0 Å². The molecule has 3 aliphatic rings. The molecule has 2 saturated heterocycles. The molecule has 2 heterocycles. The first-order chi connectivity index (χ1) is 9.56. The number of hydrogen-bond acceptors (Lipinski definition) is 4. The molecule has 0 bridgehead atoms. The van der Waals surface area contributed by atoms with Gasteiger partial charge < -0.3 is 10.2 Å². The van der Waals surface area contributed by atoms with E-state index in [1.807, 2.05) is 0 Å². The number of amides is 3. The van der Waals surface area contributed by atoms with Crippen LogP contribution in [0.5, 0.6) is 0 Å². The Balaban J connectivity index is 1.69. The van der Waals surface area contributed by atoms with E-state index in [-0.39, 0.29) is 24.4 Å². The Bertz CT molecular complexity index is 437. The Morgan fingerprint density at radius 1 is 1.25 bits per heavy atom. The zero-order chi connectivity index (χ0) is 14.3. The second kappa shape index (κ2) is 5.16. The maximum absolute atomic E-state index is 12.6. The smallest absolute Gasteiger partial charge is 0.249 e. The normalized spacial score (nSPS) is 37.5. The Kier molecular flexibility index (Phi) is 3.50. The van der Waals surface area contributed by atoms with Crippen LogP contribution in [0.1, 0.15) is 39.0 Å². The lowest BCUT2D eigenvalue weighted by Gasteiger charge is -2.33. The first-order valence-corrected chi connectivity index (χ1v) is 7.46. The summed E-state index contributed by atoms with van der Waals surface area (Å²) in [6.45, 7) is 1.65. The van der Waals surface area contributed by atoms with Crippen LogP contribution in [-0.2, 0) is 14.4 Å². The maximum Gasteiger partial charge on any atom is 0.249 e. The molecule has 2 aliphatic heterocycles. The number of carbonyl (C=O) groups is 3. The van der Waals surface area contributed by atoms with E-state index < -0.39 is 11.9 Å². The summed E-state index contributed by atoms with van der Waals surface area (Å²) in [5, 5.41) is 5.67. The van der Waals surface area contributed by atoms with E-state index in [0.717, 1.165) is 12.8 Å². The molecule has 0 radical (unpaired) electrons. The zero-order valence-electron chi connectivity index (χ0n) is 11.7. The number of carbonyl (C=O) groups excluding carboxylic acids is 3. The van der Waals surface area contributed by atoms with Gasteiger partial charge >= 0.3 is 0 Å². The molecular weight excluding hydrogens is 258 g/mol. The molecule has 20 heavy (non-hydrogen) atoms. The van der Waals surface area contributed by atoms with Crippen molar-refractivity contribution in [2.75, 3.05) is 6.54 Å². The van der Waals surface area contributed by atoms with Gasteiger partial charge in [-0.25, -0.2) is 0 Å². The van der Waals surface area contributed by atoms with Crippen molar-refractivity contribution in [3.63, 3.8) is 0 Å². The number of hydrogen-bond donors (Lipinski definition) is 2. The number of piperazine rings is 1. The van der Waals surface area contributed by atoms with E-state index in [2.05, 4.69) is 10.6 Å². The van der Waals surface area contributed by atoms with Gasteiger partial charge in [-0.15, -0.1) is 0 Å². The monoisotopic (exact) mass is 279 g/mol. The van der Waals surface area contributed by atoms with E-state index in [9.17, 15) is 14.4 Å². The first kappa shape index (κ1) is 13.5. The van der Waals surface area contributed by atoms with Gasteiger partial charge in [-0.05, 0) is 32.1 Å². The fourth-order valence-corrected chi connectivity index (χ4v) is 3.69. The summed E-state index contributed by atoms with van der Waals surface area (Å²) in [6, 6.07) is -0.365. The minimum absolute atomic E-state index is 0.0146. The van der Waals surface area contributed by atoms with Gasteiger partial charge in [-0.1, -0.05) is 12.8 Å². The van der Waals surface area contributed by atoms with Gasteiger partial charge in [-0.2, -0.15) is 0 Å². The molecule has 2 N–H and O–H groups in total. The molecule has 1 saturated carbocycles. The third-order valence-electron chi connectivity index (χ3n) is 4.87. The molecule has 0 aromatic rings. The van der Waals surface area contributed by atoms with Gasteiger partial charge in [0, 0.05) is 6.04 Å². The number of fused-ring (bicyclic) bond motifs is 1. The van der Waals surface area contributed by atoms with Crippen LogP contribution in [0.15, 0.2) is 0 Å². The molecule has 6 heteroatoms. The van der Waals surface area contributed by atoms with Crippen LogP contribution in [0.25, 0.3) is 0 Å². The van der Waals surface area contributed by atoms with Crippen molar-refractivity contribution >= 4 is 17.7 Å². The highest BCUT2D eigenvalue weighted by molar-refractivity contribution is 6.04. The van der Waals surface area contributed by atoms with Crippen LogP contribution in [0.2, 0.25) is 0 Å². The van der Waals surface area contributed by atoms with E-state index in [1.54, 1.807) is 6.92 Å². The van der Waals surface area contributed by atoms with E-state index >= 15 is 0 Å². The Labute approximate surface area is 118 Å². The molecule has 3 rings (SSSR count). The molecule has 4 atom stereocenters. The minimum atomic E-state index is -0.565. The van der Waals surface area contributed by atoms with E-state index in [0.29, 0.717) is 12.0 Å². The molecule has 0 aromatic heterocycles. The summed E-state index contributed by atoms with van der Waals surface area (Å²) in [4.78, 5) is 37.1. The van der Waals surface area contributed by atoms with Crippen molar-refractivity contribution in [3.05, 3.63) is 0 Å². The minimum Gasteiger partial charge on any atom is -0.320 e. The van der Waals surface area contributed by atoms with Gasteiger partial charge in [0.25, 0.3) is 0 Å². The summed E-state index contributed by atoms with van der Waals surface area (Å²) in [6.07, 6.45) is 5.60. The molecular formula is C14H21N3O3. The molecule has 6 nitrogen and oxygen atoms in total. The Hall–Kier alpha value is -1.43. The zero-order valence-corrected chi connectivity index (χ0v) is 11.7. The number of imide groups is 1. The summed E-state index contributed by atoms with van der Waals surface area (Å²) < 4.78 is 0. The van der Waals surface area contributed by atoms with Crippen LogP contribution in [-0.4, -0.2) is 47.3 Å². The van der Waals surface area contributed by atoms with Crippen molar-refractivity contribution in [2.45, 2.75) is 57.2 Å². The molecule has 1 aliphatic carbocycles. The fraction of sp³-hybridized carbons (Fsp3) is 0.786. The van der Waals surface area contributed by atoms with Crippen molar-refractivity contribution < 1.29 is 14.4 Å². The highest BCUT2D eigenvalue weighted by Crippen LogP contribution is 2.33. The van der Waals surface area contributed by atoms with E-state index in [1.165, 1.54) is 24.2 Å². The van der Waals surface area contributed by atoms with Crippen LogP contribution >= 0.6 is 0 Å². The van der Waals surface area contributed by atoms with Gasteiger partial charge in [0.2, 0.25) is 17.7 Å². The fourth-order valence-electron chi connectivity index (χ4n) is 3.69. The lowest BCUT2D eigenvalue weighted by atomic mass is 9.85. The topological polar surface area (TPSA) is 78.5 Å². The third-order valence-corrected chi connectivity index (χ3v) is 4.87.